The molecule has 0 aliphatic carbocycles. The summed E-state index contributed by atoms with van der Waals surface area (Å²) in [5.41, 5.74) is 7.00. The van der Waals surface area contributed by atoms with Crippen molar-refractivity contribution < 1.29 is 4.39 Å². The summed E-state index contributed by atoms with van der Waals surface area (Å²) in [6, 6.07) is 5.38. The van der Waals surface area contributed by atoms with E-state index in [1.807, 2.05) is 12.1 Å². The zero-order valence-electron chi connectivity index (χ0n) is 10.2. The van der Waals surface area contributed by atoms with Crippen LogP contribution in [0.5, 0.6) is 0 Å². The molecule has 0 saturated heterocycles. The van der Waals surface area contributed by atoms with Crippen LogP contribution in [-0.2, 0) is 13.1 Å². The van der Waals surface area contributed by atoms with Gasteiger partial charge in [-0.25, -0.2) is 9.37 Å². The predicted molar refractivity (Wildman–Crippen MR) is 68.4 cm³/mol. The quantitative estimate of drug-likeness (QED) is 0.892. The first-order chi connectivity index (χ1) is 8.72. The van der Waals surface area contributed by atoms with Crippen molar-refractivity contribution in [3.05, 3.63) is 53.7 Å². The van der Waals surface area contributed by atoms with Crippen molar-refractivity contribution in [2.75, 3.05) is 11.9 Å². The van der Waals surface area contributed by atoms with Crippen molar-refractivity contribution in [3.8, 4) is 0 Å². The zero-order chi connectivity index (χ0) is 13.0. The van der Waals surface area contributed by atoms with E-state index >= 15 is 0 Å². The van der Waals surface area contributed by atoms with Gasteiger partial charge in [0.15, 0.2) is 11.6 Å². The van der Waals surface area contributed by atoms with E-state index in [1.165, 1.54) is 0 Å². The molecule has 0 bridgehead atoms. The fraction of sp³-hybridized carbons (Fsp3) is 0.231. The Bertz CT molecular complexity index is 516. The van der Waals surface area contributed by atoms with Gasteiger partial charge in [-0.2, -0.15) is 0 Å². The average Bonchev–Trinajstić information content (AvgIpc) is 2.40. The van der Waals surface area contributed by atoms with Gasteiger partial charge in [0.05, 0.1) is 0 Å². The number of halogens is 1. The zero-order valence-corrected chi connectivity index (χ0v) is 10.2. The van der Waals surface area contributed by atoms with Gasteiger partial charge in [0.1, 0.15) is 0 Å². The number of nitrogens with zero attached hydrogens (tertiary/aromatic N) is 3. The largest absolute Gasteiger partial charge is 0.353 e. The lowest BCUT2D eigenvalue weighted by Crippen LogP contribution is -2.20. The fourth-order valence-corrected chi connectivity index (χ4v) is 1.73. The Labute approximate surface area is 105 Å². The molecule has 2 aromatic heterocycles. The second-order valence-electron chi connectivity index (χ2n) is 4.02. The minimum absolute atomic E-state index is 0.171. The lowest BCUT2D eigenvalue weighted by Gasteiger charge is -2.19. The normalized spacial score (nSPS) is 10.4. The Balaban J connectivity index is 2.21. The third-order valence-electron chi connectivity index (χ3n) is 2.70. The molecule has 0 radical (unpaired) electrons. The molecule has 18 heavy (non-hydrogen) atoms. The molecule has 2 aromatic rings. The van der Waals surface area contributed by atoms with Gasteiger partial charge in [0, 0.05) is 44.3 Å². The maximum Gasteiger partial charge on any atom is 0.170 e. The first-order valence-electron chi connectivity index (χ1n) is 5.66. The van der Waals surface area contributed by atoms with Crippen molar-refractivity contribution in [1.29, 1.82) is 0 Å². The number of nitrogens with two attached hydrogens (primary N) is 1. The van der Waals surface area contributed by atoms with Gasteiger partial charge in [-0.3, -0.25) is 4.98 Å². The van der Waals surface area contributed by atoms with E-state index in [4.69, 9.17) is 5.73 Å². The highest BCUT2D eigenvalue weighted by atomic mass is 19.1. The Hall–Kier alpha value is -2.01. The van der Waals surface area contributed by atoms with E-state index in [0.29, 0.717) is 17.9 Å². The molecule has 94 valence electrons. The van der Waals surface area contributed by atoms with Gasteiger partial charge in [-0.05, 0) is 23.8 Å². The molecule has 0 amide bonds. The van der Waals surface area contributed by atoms with Crippen LogP contribution >= 0.6 is 0 Å². The molecular formula is C13H15FN4. The standard InChI is InChI=1S/C13H15FN4/c1-18(9-10-2-5-16-6-3-10)13-12(14)11(8-15)4-7-17-13/h2-7H,8-9,15H2,1H3. The van der Waals surface area contributed by atoms with Crippen LogP contribution in [0.2, 0.25) is 0 Å². The van der Waals surface area contributed by atoms with Gasteiger partial charge in [0.25, 0.3) is 0 Å². The smallest absolute Gasteiger partial charge is 0.170 e. The van der Waals surface area contributed by atoms with E-state index in [-0.39, 0.29) is 12.4 Å². The van der Waals surface area contributed by atoms with Gasteiger partial charge in [0.2, 0.25) is 0 Å². The van der Waals surface area contributed by atoms with Crippen LogP contribution in [-0.4, -0.2) is 17.0 Å². The van der Waals surface area contributed by atoms with Crippen molar-refractivity contribution in [3.63, 3.8) is 0 Å². The molecular weight excluding hydrogens is 231 g/mol. The van der Waals surface area contributed by atoms with Crippen molar-refractivity contribution in [2.24, 2.45) is 5.73 Å². The highest BCUT2D eigenvalue weighted by Crippen LogP contribution is 2.19. The second kappa shape index (κ2) is 5.55. The molecule has 0 saturated carbocycles. The predicted octanol–water partition coefficient (Wildman–Crippen LogP) is 1.71. The van der Waals surface area contributed by atoms with Crippen LogP contribution in [0.25, 0.3) is 0 Å². The van der Waals surface area contributed by atoms with Gasteiger partial charge >= 0.3 is 0 Å². The van der Waals surface area contributed by atoms with Crippen LogP contribution < -0.4 is 10.6 Å². The van der Waals surface area contributed by atoms with E-state index < -0.39 is 0 Å². The molecule has 0 atom stereocenters. The number of hydrogen-bond acceptors (Lipinski definition) is 4. The SMILES string of the molecule is CN(Cc1ccncc1)c1nccc(CN)c1F. The Kier molecular flexibility index (Phi) is 3.84. The molecule has 2 heterocycles. The minimum Gasteiger partial charge on any atom is -0.353 e. The lowest BCUT2D eigenvalue weighted by molar-refractivity contribution is 0.598. The number of pyridine rings is 2. The summed E-state index contributed by atoms with van der Waals surface area (Å²) in [4.78, 5) is 9.76. The summed E-state index contributed by atoms with van der Waals surface area (Å²) in [6.45, 7) is 0.741. The molecule has 4 nitrogen and oxygen atoms in total. The highest BCUT2D eigenvalue weighted by Gasteiger charge is 2.12. The van der Waals surface area contributed by atoms with Gasteiger partial charge in [-0.15, -0.1) is 0 Å². The Morgan fingerprint density at radius 3 is 2.61 bits per heavy atom. The number of hydrogen-bond donors (Lipinski definition) is 1. The van der Waals surface area contributed by atoms with Crippen LogP contribution in [0, 0.1) is 5.82 Å². The topological polar surface area (TPSA) is 55.0 Å². The highest BCUT2D eigenvalue weighted by molar-refractivity contribution is 5.42. The third kappa shape index (κ3) is 2.62. The molecule has 0 aliphatic heterocycles. The molecule has 2 rings (SSSR count). The Morgan fingerprint density at radius 2 is 1.94 bits per heavy atom. The molecule has 0 fully saturated rings. The van der Waals surface area contributed by atoms with Crippen LogP contribution in [0.4, 0.5) is 10.2 Å². The van der Waals surface area contributed by atoms with E-state index in [2.05, 4.69) is 9.97 Å². The summed E-state index contributed by atoms with van der Waals surface area (Å²) in [7, 11) is 1.80. The first-order valence-corrected chi connectivity index (χ1v) is 5.66. The average molecular weight is 246 g/mol. The van der Waals surface area contributed by atoms with Crippen molar-refractivity contribution >= 4 is 5.82 Å². The maximum absolute atomic E-state index is 14.0. The number of rotatable bonds is 4. The third-order valence-corrected chi connectivity index (χ3v) is 2.70. The summed E-state index contributed by atoms with van der Waals surface area (Å²) in [5.74, 6) is -0.0358. The van der Waals surface area contributed by atoms with Crippen LogP contribution in [0.3, 0.4) is 0 Å². The first kappa shape index (κ1) is 12.4. The van der Waals surface area contributed by atoms with E-state index in [9.17, 15) is 4.39 Å². The summed E-state index contributed by atoms with van der Waals surface area (Å²) < 4.78 is 14.0. The lowest BCUT2D eigenvalue weighted by atomic mass is 10.2. The maximum atomic E-state index is 14.0. The van der Waals surface area contributed by atoms with Gasteiger partial charge < -0.3 is 10.6 Å². The van der Waals surface area contributed by atoms with Gasteiger partial charge in [-0.1, -0.05) is 0 Å². The molecule has 0 aliphatic rings. The van der Waals surface area contributed by atoms with Crippen molar-refractivity contribution in [1.82, 2.24) is 9.97 Å². The van der Waals surface area contributed by atoms with E-state index in [0.717, 1.165) is 5.56 Å². The van der Waals surface area contributed by atoms with E-state index in [1.54, 1.807) is 36.6 Å². The van der Waals surface area contributed by atoms with Crippen LogP contribution in [0.1, 0.15) is 11.1 Å². The summed E-state index contributed by atoms with van der Waals surface area (Å²) in [5, 5.41) is 0. The minimum atomic E-state index is -0.350. The molecule has 0 aromatic carbocycles. The Morgan fingerprint density at radius 1 is 1.22 bits per heavy atom. The number of aromatic nitrogens is 2. The molecule has 5 heteroatoms. The summed E-state index contributed by atoms with van der Waals surface area (Å²) in [6.07, 6.45) is 5.00. The summed E-state index contributed by atoms with van der Waals surface area (Å²) >= 11 is 0. The van der Waals surface area contributed by atoms with Crippen molar-refractivity contribution in [2.45, 2.75) is 13.1 Å². The number of anilines is 1. The van der Waals surface area contributed by atoms with Crippen LogP contribution in [0.15, 0.2) is 36.8 Å². The monoisotopic (exact) mass is 246 g/mol. The molecule has 0 spiro atoms. The second-order valence-corrected chi connectivity index (χ2v) is 4.02. The fourth-order valence-electron chi connectivity index (χ4n) is 1.73. The molecule has 0 unspecified atom stereocenters. The molecule has 2 N–H and O–H groups in total.